The molecular formula is C19H33N3O2S2. The van der Waals surface area contributed by atoms with Crippen LogP contribution in [0.25, 0.3) is 0 Å². The molecule has 3 rings (SSSR count). The van der Waals surface area contributed by atoms with Crippen LogP contribution in [0, 0.1) is 18.3 Å². The lowest BCUT2D eigenvalue weighted by Crippen LogP contribution is -2.45. The Hall–Kier alpha value is -0.500. The van der Waals surface area contributed by atoms with Crippen LogP contribution in [0.5, 0.6) is 0 Å². The summed E-state index contributed by atoms with van der Waals surface area (Å²) in [6.07, 6.45) is 3.15. The number of nitrogens with zero attached hydrogens (tertiary/aromatic N) is 3. The molecule has 2 aliphatic heterocycles. The van der Waals surface area contributed by atoms with Crippen LogP contribution in [0.2, 0.25) is 0 Å². The van der Waals surface area contributed by atoms with Gasteiger partial charge >= 0.3 is 0 Å². The first kappa shape index (κ1) is 20.2. The quantitative estimate of drug-likeness (QED) is 0.760. The van der Waals surface area contributed by atoms with Gasteiger partial charge in [-0.1, -0.05) is 13.8 Å². The second-order valence-corrected chi connectivity index (χ2v) is 12.2. The fourth-order valence-corrected chi connectivity index (χ4v) is 7.90. The number of rotatable bonds is 5. The Morgan fingerprint density at radius 2 is 1.92 bits per heavy atom. The molecule has 7 heteroatoms. The van der Waals surface area contributed by atoms with Crippen molar-refractivity contribution < 1.29 is 8.42 Å². The Kier molecular flexibility index (Phi) is 5.57. The van der Waals surface area contributed by atoms with E-state index < -0.39 is 10.0 Å². The number of aromatic nitrogens is 1. The summed E-state index contributed by atoms with van der Waals surface area (Å²) in [6, 6.07) is 0. The van der Waals surface area contributed by atoms with Crippen LogP contribution in [-0.2, 0) is 16.6 Å². The predicted molar refractivity (Wildman–Crippen MR) is 108 cm³/mol. The van der Waals surface area contributed by atoms with Crippen LogP contribution in [0.4, 0.5) is 0 Å². The zero-order valence-electron chi connectivity index (χ0n) is 16.8. The van der Waals surface area contributed by atoms with Gasteiger partial charge in [0.25, 0.3) is 0 Å². The molecule has 0 N–H and O–H groups in total. The third-order valence-corrected chi connectivity index (χ3v) is 9.27. The van der Waals surface area contributed by atoms with Crippen molar-refractivity contribution in [3.8, 4) is 0 Å². The van der Waals surface area contributed by atoms with E-state index >= 15 is 0 Å². The molecule has 1 spiro atoms. The van der Waals surface area contributed by atoms with Crippen molar-refractivity contribution in [1.82, 2.24) is 14.2 Å². The summed E-state index contributed by atoms with van der Waals surface area (Å²) in [5.74, 6) is 0.417. The SMILES string of the molecule is Cc1ncsc1CN1CCC2(CC1)CN(S(=O)(=O)CC(C)C)C(C)(C)C2. The van der Waals surface area contributed by atoms with Crippen LogP contribution < -0.4 is 0 Å². The highest BCUT2D eigenvalue weighted by Gasteiger charge is 2.53. The van der Waals surface area contributed by atoms with E-state index in [2.05, 4.69) is 30.7 Å². The molecule has 2 saturated heterocycles. The van der Waals surface area contributed by atoms with E-state index in [1.807, 2.05) is 23.7 Å². The van der Waals surface area contributed by atoms with Crippen molar-refractivity contribution in [2.24, 2.45) is 11.3 Å². The highest BCUT2D eigenvalue weighted by atomic mass is 32.2. The Morgan fingerprint density at radius 1 is 1.27 bits per heavy atom. The van der Waals surface area contributed by atoms with Gasteiger partial charge in [0.2, 0.25) is 10.0 Å². The zero-order valence-corrected chi connectivity index (χ0v) is 18.4. The standard InChI is InChI=1S/C19H33N3O2S2/c1-15(2)11-26(23,24)22-13-19(12-18(22,4)5)6-8-21(9-7-19)10-17-16(3)20-14-25-17/h14-15H,6-13H2,1-5H3. The number of aryl methyl sites for hydroxylation is 1. The summed E-state index contributed by atoms with van der Waals surface area (Å²) in [5.41, 5.74) is 2.94. The topological polar surface area (TPSA) is 53.5 Å². The Balaban J connectivity index is 1.66. The van der Waals surface area contributed by atoms with E-state index in [4.69, 9.17) is 0 Å². The van der Waals surface area contributed by atoms with E-state index in [9.17, 15) is 8.42 Å². The minimum absolute atomic E-state index is 0.146. The monoisotopic (exact) mass is 399 g/mol. The lowest BCUT2D eigenvalue weighted by atomic mass is 9.74. The van der Waals surface area contributed by atoms with Gasteiger partial charge < -0.3 is 0 Å². The van der Waals surface area contributed by atoms with Gasteiger partial charge in [-0.25, -0.2) is 13.4 Å². The maximum atomic E-state index is 12.9. The number of piperidine rings is 1. The van der Waals surface area contributed by atoms with Gasteiger partial charge in [0.05, 0.1) is 17.0 Å². The van der Waals surface area contributed by atoms with Gasteiger partial charge in [-0.2, -0.15) is 4.31 Å². The fraction of sp³-hybridized carbons (Fsp3) is 0.842. The van der Waals surface area contributed by atoms with Crippen LogP contribution in [0.3, 0.4) is 0 Å². The van der Waals surface area contributed by atoms with Crippen LogP contribution >= 0.6 is 11.3 Å². The summed E-state index contributed by atoms with van der Waals surface area (Å²) >= 11 is 1.74. The molecule has 0 radical (unpaired) electrons. The molecule has 2 aliphatic rings. The molecule has 1 aromatic heterocycles. The molecule has 5 nitrogen and oxygen atoms in total. The smallest absolute Gasteiger partial charge is 0.214 e. The normalized spacial score (nSPS) is 23.9. The molecule has 1 aromatic rings. The van der Waals surface area contributed by atoms with Gasteiger partial charge in [-0.3, -0.25) is 4.90 Å². The number of hydrogen-bond acceptors (Lipinski definition) is 5. The number of thiazole rings is 1. The lowest BCUT2D eigenvalue weighted by molar-refractivity contribution is 0.108. The highest BCUT2D eigenvalue weighted by molar-refractivity contribution is 7.89. The summed E-state index contributed by atoms with van der Waals surface area (Å²) in [4.78, 5) is 8.21. The molecule has 0 bridgehead atoms. The minimum Gasteiger partial charge on any atom is -0.298 e. The van der Waals surface area contributed by atoms with Gasteiger partial charge in [0, 0.05) is 23.5 Å². The Bertz CT molecular complexity index is 732. The van der Waals surface area contributed by atoms with Crippen molar-refractivity contribution in [2.75, 3.05) is 25.4 Å². The maximum Gasteiger partial charge on any atom is 0.214 e. The predicted octanol–water partition coefficient (Wildman–Crippen LogP) is 3.50. The van der Waals surface area contributed by atoms with E-state index in [1.54, 1.807) is 11.3 Å². The van der Waals surface area contributed by atoms with Gasteiger partial charge in [-0.05, 0) is 64.5 Å². The first-order chi connectivity index (χ1) is 12.0. The van der Waals surface area contributed by atoms with E-state index in [0.29, 0.717) is 6.54 Å². The zero-order chi connectivity index (χ0) is 19.2. The van der Waals surface area contributed by atoms with Crippen molar-refractivity contribution >= 4 is 21.4 Å². The molecule has 148 valence electrons. The summed E-state index contributed by atoms with van der Waals surface area (Å²) in [6.45, 7) is 14.0. The molecule has 0 amide bonds. The first-order valence-corrected chi connectivity index (χ1v) is 12.1. The van der Waals surface area contributed by atoms with Gasteiger partial charge in [0.15, 0.2) is 0 Å². The average Bonchev–Trinajstić information content (AvgIpc) is 3.02. The maximum absolute atomic E-state index is 12.9. The number of sulfonamides is 1. The highest BCUT2D eigenvalue weighted by Crippen LogP contribution is 2.49. The van der Waals surface area contributed by atoms with Gasteiger partial charge in [-0.15, -0.1) is 11.3 Å². The van der Waals surface area contributed by atoms with Crippen molar-refractivity contribution in [3.05, 3.63) is 16.1 Å². The molecule has 0 unspecified atom stereocenters. The van der Waals surface area contributed by atoms with E-state index in [1.165, 1.54) is 4.88 Å². The Morgan fingerprint density at radius 3 is 2.46 bits per heavy atom. The summed E-state index contributed by atoms with van der Waals surface area (Å²) in [7, 11) is -3.19. The lowest BCUT2D eigenvalue weighted by Gasteiger charge is -2.39. The second kappa shape index (κ2) is 7.15. The minimum atomic E-state index is -3.19. The Labute approximate surface area is 162 Å². The average molecular weight is 400 g/mol. The fourth-order valence-electron chi connectivity index (χ4n) is 4.77. The largest absolute Gasteiger partial charge is 0.298 e. The summed E-state index contributed by atoms with van der Waals surface area (Å²) in [5, 5.41) is 0. The van der Waals surface area contributed by atoms with Crippen molar-refractivity contribution in [3.63, 3.8) is 0 Å². The third-order valence-electron chi connectivity index (χ3n) is 5.97. The van der Waals surface area contributed by atoms with Crippen LogP contribution in [0.1, 0.15) is 57.5 Å². The van der Waals surface area contributed by atoms with Crippen LogP contribution in [0.15, 0.2) is 5.51 Å². The third kappa shape index (κ3) is 4.16. The first-order valence-electron chi connectivity index (χ1n) is 9.65. The summed E-state index contributed by atoms with van der Waals surface area (Å²) < 4.78 is 27.6. The molecule has 3 heterocycles. The van der Waals surface area contributed by atoms with E-state index in [-0.39, 0.29) is 22.6 Å². The number of likely N-dealkylation sites (tertiary alicyclic amines) is 1. The molecule has 0 aliphatic carbocycles. The second-order valence-electron chi connectivity index (χ2n) is 9.31. The molecule has 0 saturated carbocycles. The molecule has 0 aromatic carbocycles. The molecular weight excluding hydrogens is 366 g/mol. The van der Waals surface area contributed by atoms with Crippen molar-refractivity contribution in [1.29, 1.82) is 0 Å². The number of hydrogen-bond donors (Lipinski definition) is 0. The van der Waals surface area contributed by atoms with E-state index in [0.717, 1.165) is 44.6 Å². The van der Waals surface area contributed by atoms with Crippen molar-refractivity contribution in [2.45, 2.75) is 66.0 Å². The van der Waals surface area contributed by atoms with Gasteiger partial charge in [0.1, 0.15) is 0 Å². The molecule has 0 atom stereocenters. The van der Waals surface area contributed by atoms with Crippen LogP contribution in [-0.4, -0.2) is 53.5 Å². The molecule has 26 heavy (non-hydrogen) atoms. The molecule has 2 fully saturated rings.